The molecular weight excluding hydrogens is 390 g/mol. The molecule has 4 rings (SSSR count). The van der Waals surface area contributed by atoms with E-state index in [0.717, 1.165) is 59.2 Å². The molecule has 7 nitrogen and oxygen atoms in total. The minimum absolute atomic E-state index is 0.0947. The van der Waals surface area contributed by atoms with Gasteiger partial charge in [0.25, 0.3) is 0 Å². The molecule has 0 radical (unpaired) electrons. The minimum Gasteiger partial charge on any atom is -0.495 e. The van der Waals surface area contributed by atoms with E-state index in [1.807, 2.05) is 54.8 Å². The number of carbonyl (C=O) groups is 1. The molecule has 162 valence electrons. The Morgan fingerprint density at radius 1 is 1.26 bits per heavy atom. The highest BCUT2D eigenvalue weighted by molar-refractivity contribution is 6.04. The number of rotatable bonds is 4. The van der Waals surface area contributed by atoms with Crippen molar-refractivity contribution in [3.8, 4) is 11.4 Å². The van der Waals surface area contributed by atoms with Crippen molar-refractivity contribution in [2.45, 2.75) is 40.0 Å². The first-order valence-corrected chi connectivity index (χ1v) is 10.7. The highest BCUT2D eigenvalue weighted by Crippen LogP contribution is 2.30. The van der Waals surface area contributed by atoms with E-state index in [1.165, 1.54) is 0 Å². The summed E-state index contributed by atoms with van der Waals surface area (Å²) >= 11 is 0. The summed E-state index contributed by atoms with van der Waals surface area (Å²) in [5, 5.41) is 3.84. The average Bonchev–Trinajstić information content (AvgIpc) is 3.13. The van der Waals surface area contributed by atoms with Crippen molar-refractivity contribution in [3.05, 3.63) is 59.3 Å². The van der Waals surface area contributed by atoms with Crippen LogP contribution in [0.3, 0.4) is 0 Å². The van der Waals surface area contributed by atoms with Crippen LogP contribution in [0.5, 0.6) is 5.75 Å². The average molecular weight is 420 g/mol. The van der Waals surface area contributed by atoms with Crippen LogP contribution in [-0.2, 0) is 4.79 Å². The number of methoxy groups -OCH3 is 1. The number of hydrazine groups is 1. The number of imidazole rings is 1. The summed E-state index contributed by atoms with van der Waals surface area (Å²) in [5.41, 5.74) is 5.02. The zero-order chi connectivity index (χ0) is 22.0. The SMILES string of the molecule is C/C=C(\C)N1C(=O)CCN=C2/C(=C/c3ccc(-n4cnc(C)c4)c(OC)c3)CCCN21. The summed E-state index contributed by atoms with van der Waals surface area (Å²) in [4.78, 5) is 21.8. The van der Waals surface area contributed by atoms with E-state index in [9.17, 15) is 4.79 Å². The molecule has 0 unspecified atom stereocenters. The highest BCUT2D eigenvalue weighted by Gasteiger charge is 2.32. The van der Waals surface area contributed by atoms with Crippen LogP contribution in [0.1, 0.15) is 44.4 Å². The van der Waals surface area contributed by atoms with Crippen molar-refractivity contribution in [2.75, 3.05) is 20.2 Å². The predicted octanol–water partition coefficient (Wildman–Crippen LogP) is 4.14. The number of hydrogen-bond donors (Lipinski definition) is 0. The summed E-state index contributed by atoms with van der Waals surface area (Å²) in [6, 6.07) is 6.16. The molecule has 0 saturated carbocycles. The molecule has 0 N–H and O–H groups in total. The summed E-state index contributed by atoms with van der Waals surface area (Å²) in [7, 11) is 1.68. The van der Waals surface area contributed by atoms with Gasteiger partial charge >= 0.3 is 0 Å². The van der Waals surface area contributed by atoms with Crippen LogP contribution in [-0.4, -0.2) is 51.5 Å². The Morgan fingerprint density at radius 3 is 2.81 bits per heavy atom. The lowest BCUT2D eigenvalue weighted by Gasteiger charge is -2.39. The molecule has 1 saturated heterocycles. The zero-order valence-corrected chi connectivity index (χ0v) is 18.6. The molecule has 31 heavy (non-hydrogen) atoms. The Kier molecular flexibility index (Phi) is 5.93. The van der Waals surface area contributed by atoms with Gasteiger partial charge in [-0.3, -0.25) is 14.8 Å². The molecule has 2 aromatic rings. The van der Waals surface area contributed by atoms with Gasteiger partial charge in [0.1, 0.15) is 11.6 Å². The predicted molar refractivity (Wildman–Crippen MR) is 122 cm³/mol. The van der Waals surface area contributed by atoms with Gasteiger partial charge in [-0.15, -0.1) is 0 Å². The summed E-state index contributed by atoms with van der Waals surface area (Å²) in [5.74, 6) is 1.77. The lowest BCUT2D eigenvalue weighted by Crippen LogP contribution is -2.50. The Balaban J connectivity index is 1.69. The number of amidine groups is 1. The van der Waals surface area contributed by atoms with Gasteiger partial charge in [-0.1, -0.05) is 12.1 Å². The number of ether oxygens (including phenoxy) is 1. The Labute approximate surface area is 183 Å². The Hall–Kier alpha value is -3.35. The monoisotopic (exact) mass is 419 g/mol. The fourth-order valence-electron chi connectivity index (χ4n) is 4.08. The molecule has 1 aromatic heterocycles. The van der Waals surface area contributed by atoms with Gasteiger partial charge in [0.05, 0.1) is 31.4 Å². The summed E-state index contributed by atoms with van der Waals surface area (Å²) in [6.45, 7) is 7.20. The van der Waals surface area contributed by atoms with Crippen LogP contribution in [0, 0.1) is 6.92 Å². The quantitative estimate of drug-likeness (QED) is 0.747. The van der Waals surface area contributed by atoms with Gasteiger partial charge < -0.3 is 9.30 Å². The maximum atomic E-state index is 12.7. The number of allylic oxidation sites excluding steroid dienone is 2. The zero-order valence-electron chi connectivity index (χ0n) is 18.6. The number of aryl methyl sites for hydroxylation is 1. The van der Waals surface area contributed by atoms with E-state index in [4.69, 9.17) is 9.73 Å². The molecule has 0 bridgehead atoms. The first-order valence-electron chi connectivity index (χ1n) is 10.7. The van der Waals surface area contributed by atoms with Gasteiger partial charge in [0.2, 0.25) is 5.91 Å². The Bertz CT molecular complexity index is 1080. The molecule has 2 aliphatic heterocycles. The number of piperidine rings is 1. The van der Waals surface area contributed by atoms with Crippen LogP contribution in [0.25, 0.3) is 11.8 Å². The Morgan fingerprint density at radius 2 is 2.10 bits per heavy atom. The number of benzene rings is 1. The molecule has 1 aromatic carbocycles. The van der Waals surface area contributed by atoms with Crippen molar-refractivity contribution in [2.24, 2.45) is 4.99 Å². The second kappa shape index (κ2) is 8.79. The largest absolute Gasteiger partial charge is 0.495 e. The summed E-state index contributed by atoms with van der Waals surface area (Å²) in [6.07, 6.45) is 10.2. The second-order valence-corrected chi connectivity index (χ2v) is 7.84. The molecule has 0 atom stereocenters. The van der Waals surface area contributed by atoms with Crippen LogP contribution in [0.4, 0.5) is 0 Å². The molecule has 2 aliphatic rings. The first-order chi connectivity index (χ1) is 15.0. The van der Waals surface area contributed by atoms with Gasteiger partial charge in [-0.05, 0) is 63.0 Å². The number of fused-ring (bicyclic) bond motifs is 1. The summed E-state index contributed by atoms with van der Waals surface area (Å²) < 4.78 is 7.63. The van der Waals surface area contributed by atoms with Crippen molar-refractivity contribution in [1.29, 1.82) is 0 Å². The van der Waals surface area contributed by atoms with E-state index in [2.05, 4.69) is 17.1 Å². The first kappa shape index (κ1) is 20.9. The van der Waals surface area contributed by atoms with Crippen LogP contribution < -0.4 is 4.74 Å². The minimum atomic E-state index is 0.0947. The number of aliphatic imine (C=N–C) groups is 1. The molecule has 0 aliphatic carbocycles. The second-order valence-electron chi connectivity index (χ2n) is 7.84. The fraction of sp³-hybridized carbons (Fsp3) is 0.375. The van der Waals surface area contributed by atoms with Crippen LogP contribution in [0.2, 0.25) is 0 Å². The number of nitrogens with zero attached hydrogens (tertiary/aromatic N) is 5. The molecular formula is C24H29N5O2. The maximum Gasteiger partial charge on any atom is 0.247 e. The number of carbonyl (C=O) groups excluding carboxylic acids is 1. The van der Waals surface area contributed by atoms with E-state index < -0.39 is 0 Å². The van der Waals surface area contributed by atoms with Gasteiger partial charge in [0, 0.05) is 24.9 Å². The smallest absolute Gasteiger partial charge is 0.247 e. The van der Waals surface area contributed by atoms with Crippen molar-refractivity contribution >= 4 is 17.8 Å². The normalized spacial score (nSPS) is 18.7. The number of hydrogen-bond acceptors (Lipinski definition) is 5. The topological polar surface area (TPSA) is 63.0 Å². The lowest BCUT2D eigenvalue weighted by molar-refractivity contribution is -0.138. The highest BCUT2D eigenvalue weighted by atomic mass is 16.5. The van der Waals surface area contributed by atoms with E-state index in [1.54, 1.807) is 18.4 Å². The van der Waals surface area contributed by atoms with Crippen LogP contribution >= 0.6 is 0 Å². The number of aromatic nitrogens is 2. The van der Waals surface area contributed by atoms with Gasteiger partial charge in [-0.2, -0.15) is 0 Å². The van der Waals surface area contributed by atoms with Gasteiger partial charge in [-0.25, -0.2) is 9.99 Å². The standard InChI is InChI=1S/C24H29N5O2/c1-5-18(3)29-23(30)10-11-25-24-20(7-6-12-28(24)29)13-19-8-9-21(22(14-19)31-4)27-15-17(2)26-16-27/h5,8-9,13-16H,6-7,10-12H2,1-4H3/b18-5+,20-13+. The molecule has 0 spiro atoms. The number of amides is 1. The van der Waals surface area contributed by atoms with E-state index in [0.29, 0.717) is 13.0 Å². The van der Waals surface area contributed by atoms with Crippen molar-refractivity contribution in [1.82, 2.24) is 19.6 Å². The third kappa shape index (κ3) is 4.13. The third-order valence-electron chi connectivity index (χ3n) is 5.70. The third-order valence-corrected chi connectivity index (χ3v) is 5.70. The fourth-order valence-corrected chi connectivity index (χ4v) is 4.08. The van der Waals surface area contributed by atoms with Gasteiger partial charge in [0.15, 0.2) is 0 Å². The van der Waals surface area contributed by atoms with Crippen LogP contribution in [0.15, 0.2) is 53.1 Å². The maximum absolute atomic E-state index is 12.7. The molecule has 3 heterocycles. The molecule has 7 heteroatoms. The molecule has 1 fully saturated rings. The molecule has 1 amide bonds. The van der Waals surface area contributed by atoms with E-state index in [-0.39, 0.29) is 5.91 Å². The van der Waals surface area contributed by atoms with Crippen molar-refractivity contribution in [3.63, 3.8) is 0 Å². The lowest BCUT2D eigenvalue weighted by atomic mass is 10.0. The van der Waals surface area contributed by atoms with E-state index >= 15 is 0 Å². The van der Waals surface area contributed by atoms with Crippen molar-refractivity contribution < 1.29 is 9.53 Å².